The Balaban J connectivity index is 0.000000184. The third-order valence-electron chi connectivity index (χ3n) is 12.5. The second-order valence-electron chi connectivity index (χ2n) is 17.1. The molecule has 10 rings (SSSR count). The average Bonchev–Trinajstić information content (AvgIpc) is 3.95. The van der Waals surface area contributed by atoms with Gasteiger partial charge in [-0.1, -0.05) is 0 Å². The molecule has 0 saturated carbocycles. The first-order chi connectivity index (χ1) is 33.2. The van der Waals surface area contributed by atoms with Gasteiger partial charge in [-0.2, -0.15) is 0 Å². The van der Waals surface area contributed by atoms with E-state index in [0.717, 1.165) is 37.9 Å². The van der Waals surface area contributed by atoms with E-state index in [4.69, 9.17) is 21.6 Å². The number of imidazole rings is 2. The molecule has 0 fully saturated rings. The molecule has 0 amide bonds. The van der Waals surface area contributed by atoms with Gasteiger partial charge in [0, 0.05) is 0 Å². The van der Waals surface area contributed by atoms with Crippen LogP contribution < -0.4 is 42.7 Å². The number of H-pyrrole nitrogens is 2. The van der Waals surface area contributed by atoms with Crippen LogP contribution >= 0.6 is 66.6 Å². The molecule has 10 aromatic rings. The Kier molecular flexibility index (Phi) is 16.6. The summed E-state index contributed by atoms with van der Waals surface area (Å²) < 4.78 is 0. The van der Waals surface area contributed by atoms with Crippen LogP contribution in [0, 0.1) is 27.7 Å². The summed E-state index contributed by atoms with van der Waals surface area (Å²) >= 11 is 9.48. The Morgan fingerprint density at radius 3 is 1.13 bits per heavy atom. The van der Waals surface area contributed by atoms with Crippen LogP contribution in [-0.4, -0.2) is 19.9 Å². The van der Waals surface area contributed by atoms with Crippen LogP contribution in [0.3, 0.4) is 0 Å². The number of hydrogen-bond donors (Lipinski definition) is 2. The average molecular weight is 1060 g/mol. The van der Waals surface area contributed by atoms with Gasteiger partial charge in [0.1, 0.15) is 0 Å². The molecule has 0 bridgehead atoms. The Hall–Kier alpha value is -5.49. The third-order valence-corrected chi connectivity index (χ3v) is 24.2. The molecule has 0 aliphatic rings. The summed E-state index contributed by atoms with van der Waals surface area (Å²) in [5, 5.41) is 10.7. The van der Waals surface area contributed by atoms with Gasteiger partial charge in [-0.25, -0.2) is 0 Å². The number of thioether (sulfide) groups is 1. The topological polar surface area (TPSA) is 57.4 Å². The van der Waals surface area contributed by atoms with Crippen LogP contribution in [0.15, 0.2) is 240 Å². The zero-order valence-corrected chi connectivity index (χ0v) is 45.2. The van der Waals surface area contributed by atoms with E-state index in [-0.39, 0.29) is 17.0 Å². The molecule has 0 unspecified atom stereocenters. The molecule has 0 spiro atoms. The quantitative estimate of drug-likeness (QED) is 0.0892. The summed E-state index contributed by atoms with van der Waals surface area (Å²) in [6.45, 7) is 8.62. The number of halogens is 2. The summed E-state index contributed by atoms with van der Waals surface area (Å²) in [6, 6.07) is 80.3. The molecular formula is C59H56BrClN4P2S2. The monoisotopic (exact) mass is 1060 g/mol. The SMILES string of the molecule is Br.Cc1ccc([PH](c2ccccc2)(c2ccccc2)c2nc(SCc3ccc(Cl)cc3)[nH]c2C)cc1.Cc1ccc([PH](c2ccccc2)(c2ccccc2)c2nc(Sc3ccccc3)[nH]c2C)cc1. The van der Waals surface area contributed by atoms with E-state index in [0.29, 0.717) is 0 Å². The summed E-state index contributed by atoms with van der Waals surface area (Å²) in [5.74, 6) is 0.833. The van der Waals surface area contributed by atoms with Gasteiger partial charge in [0.15, 0.2) is 0 Å². The zero-order chi connectivity index (χ0) is 46.9. The summed E-state index contributed by atoms with van der Waals surface area (Å²) in [4.78, 5) is 19.0. The predicted molar refractivity (Wildman–Crippen MR) is 310 cm³/mol. The first kappa shape index (κ1) is 49.9. The molecule has 69 heavy (non-hydrogen) atoms. The van der Waals surface area contributed by atoms with Crippen molar-refractivity contribution in [3.8, 4) is 0 Å². The van der Waals surface area contributed by atoms with Gasteiger partial charge in [0.2, 0.25) is 0 Å². The van der Waals surface area contributed by atoms with E-state index in [1.807, 2.05) is 18.2 Å². The van der Waals surface area contributed by atoms with Crippen molar-refractivity contribution >= 4 is 109 Å². The molecule has 0 aliphatic heterocycles. The van der Waals surface area contributed by atoms with E-state index in [1.165, 1.54) is 58.8 Å². The molecule has 0 atom stereocenters. The van der Waals surface area contributed by atoms with Gasteiger partial charge in [-0.15, -0.1) is 17.0 Å². The normalized spacial score (nSPS) is 11.8. The van der Waals surface area contributed by atoms with E-state index in [2.05, 4.69) is 244 Å². The van der Waals surface area contributed by atoms with Crippen LogP contribution in [0.4, 0.5) is 0 Å². The number of aromatic amines is 2. The van der Waals surface area contributed by atoms with Crippen molar-refractivity contribution in [2.45, 2.75) is 48.7 Å². The number of hydrogen-bond acceptors (Lipinski definition) is 4. The van der Waals surface area contributed by atoms with Crippen molar-refractivity contribution in [3.63, 3.8) is 0 Å². The zero-order valence-electron chi connectivity index (χ0n) is 39.1. The van der Waals surface area contributed by atoms with E-state index in [9.17, 15) is 0 Å². The second-order valence-corrected chi connectivity index (χ2v) is 26.9. The Morgan fingerprint density at radius 1 is 0.406 bits per heavy atom. The number of nitrogens with zero attached hydrogens (tertiary/aromatic N) is 2. The van der Waals surface area contributed by atoms with Crippen molar-refractivity contribution in [3.05, 3.63) is 258 Å². The first-order valence-corrected chi connectivity index (χ1v) is 29.0. The molecular weight excluding hydrogens is 1010 g/mol. The van der Waals surface area contributed by atoms with Crippen molar-refractivity contribution in [2.75, 3.05) is 0 Å². The molecule has 8 aromatic carbocycles. The molecule has 2 aromatic heterocycles. The maximum absolute atomic E-state index is 6.07. The van der Waals surface area contributed by atoms with Crippen molar-refractivity contribution < 1.29 is 0 Å². The van der Waals surface area contributed by atoms with E-state index >= 15 is 0 Å². The third kappa shape index (κ3) is 10.8. The Morgan fingerprint density at radius 2 is 0.739 bits per heavy atom. The molecule has 0 saturated heterocycles. The Labute approximate surface area is 432 Å². The van der Waals surface area contributed by atoms with Crippen LogP contribution in [0.1, 0.15) is 28.1 Å². The first-order valence-electron chi connectivity index (χ1n) is 22.9. The van der Waals surface area contributed by atoms with Crippen molar-refractivity contribution in [2.24, 2.45) is 0 Å². The van der Waals surface area contributed by atoms with Crippen LogP contribution in [0.5, 0.6) is 0 Å². The molecule has 4 nitrogen and oxygen atoms in total. The van der Waals surface area contributed by atoms with Gasteiger partial charge in [0.25, 0.3) is 0 Å². The van der Waals surface area contributed by atoms with Crippen LogP contribution in [0.25, 0.3) is 0 Å². The fourth-order valence-corrected chi connectivity index (χ4v) is 20.8. The molecule has 2 heterocycles. The van der Waals surface area contributed by atoms with Gasteiger partial charge in [0.05, 0.1) is 0 Å². The molecule has 10 heteroatoms. The molecule has 2 N–H and O–H groups in total. The minimum atomic E-state index is -2.64. The van der Waals surface area contributed by atoms with Crippen LogP contribution in [0.2, 0.25) is 5.02 Å². The fraction of sp³-hybridized carbons (Fsp3) is 0.0847. The number of nitrogens with one attached hydrogen (secondary N) is 2. The van der Waals surface area contributed by atoms with Gasteiger partial charge < -0.3 is 0 Å². The molecule has 0 radical (unpaired) electrons. The number of benzene rings is 8. The van der Waals surface area contributed by atoms with E-state index < -0.39 is 14.5 Å². The molecule has 348 valence electrons. The standard InChI is InChI=1S/C30H28ClN2PS.C29H27N2PS.BrH/c1-22-13-19-28(20-14-22)34(26-9-5-3-6-10-26,27-11-7-4-8-12-27)29-23(2)32-30(33-29)35-21-24-15-17-25(31)18-16-24;1-22-18-20-26(21-19-22)32(24-12-6-3-7-13-24,25-14-8-4-9-15-25)28-23(2)30-29(31-28)33-27-16-10-5-11-17-27;/h3-20,34H,21H2,1-2H3,(H,32,33);3-21,32H,1-2H3,(H,30,31);1H. The number of aryl methyl sites for hydroxylation is 4. The number of aromatic nitrogens is 4. The van der Waals surface area contributed by atoms with Gasteiger partial charge in [-0.3, -0.25) is 0 Å². The fourth-order valence-electron chi connectivity index (χ4n) is 9.23. The summed E-state index contributed by atoms with van der Waals surface area (Å²) in [7, 11) is -5.26. The second kappa shape index (κ2) is 23.0. The van der Waals surface area contributed by atoms with Gasteiger partial charge >= 0.3 is 418 Å². The van der Waals surface area contributed by atoms with Gasteiger partial charge in [-0.05, 0) is 0 Å². The van der Waals surface area contributed by atoms with Crippen LogP contribution in [-0.2, 0) is 5.75 Å². The predicted octanol–water partition coefficient (Wildman–Crippen LogP) is 12.4. The number of rotatable bonds is 13. The van der Waals surface area contributed by atoms with Crippen molar-refractivity contribution in [1.82, 2.24) is 19.9 Å². The minimum absolute atomic E-state index is 0. The van der Waals surface area contributed by atoms with Crippen molar-refractivity contribution in [1.29, 1.82) is 0 Å². The Bertz CT molecular complexity index is 3100. The summed E-state index contributed by atoms with van der Waals surface area (Å²) in [5.41, 5.74) is 8.34. The molecule has 0 aliphatic carbocycles. The maximum atomic E-state index is 6.07. The summed E-state index contributed by atoms with van der Waals surface area (Å²) in [6.07, 6.45) is 0. The van der Waals surface area contributed by atoms with E-state index in [1.54, 1.807) is 23.5 Å².